The second-order valence-electron chi connectivity index (χ2n) is 11.2. The fourth-order valence-corrected chi connectivity index (χ4v) is 6.30. The van der Waals surface area contributed by atoms with E-state index >= 15 is 0 Å². The molecule has 212 valence electrons. The van der Waals surface area contributed by atoms with Crippen LogP contribution in [0.2, 0.25) is 5.02 Å². The lowest BCUT2D eigenvalue weighted by molar-refractivity contribution is -0.0994. The molecule has 1 spiro atoms. The van der Waals surface area contributed by atoms with Crippen molar-refractivity contribution in [2.24, 2.45) is 5.41 Å². The number of carbonyl (C=O) groups excluding carboxylic acids is 1. The summed E-state index contributed by atoms with van der Waals surface area (Å²) in [6.45, 7) is 8.26. The van der Waals surface area contributed by atoms with E-state index in [4.69, 9.17) is 21.1 Å². The van der Waals surface area contributed by atoms with Crippen LogP contribution in [0, 0.1) is 19.3 Å². The minimum Gasteiger partial charge on any atom is -0.507 e. The Bertz CT molecular complexity index is 1370. The summed E-state index contributed by atoms with van der Waals surface area (Å²) in [5, 5.41) is 20.4. The number of benzene rings is 3. The van der Waals surface area contributed by atoms with Crippen LogP contribution in [0.4, 0.5) is 0 Å². The van der Waals surface area contributed by atoms with Gasteiger partial charge in [-0.1, -0.05) is 41.9 Å². The fourth-order valence-electron chi connectivity index (χ4n) is 6.07. The van der Waals surface area contributed by atoms with Crippen LogP contribution in [0.3, 0.4) is 0 Å². The van der Waals surface area contributed by atoms with Crippen molar-refractivity contribution in [1.82, 2.24) is 4.90 Å². The molecule has 1 aliphatic carbocycles. The molecule has 3 aromatic rings. The summed E-state index contributed by atoms with van der Waals surface area (Å²) in [5.41, 5.74) is 5.74. The third kappa shape index (κ3) is 5.85. The third-order valence-corrected chi connectivity index (χ3v) is 9.26. The molecule has 0 bridgehead atoms. The Kier molecular flexibility index (Phi) is 8.69. The van der Waals surface area contributed by atoms with Gasteiger partial charge in [0, 0.05) is 12.6 Å². The molecule has 3 aromatic carbocycles. The first-order valence-corrected chi connectivity index (χ1v) is 14.5. The Morgan fingerprint density at radius 2 is 1.73 bits per heavy atom. The molecule has 0 aromatic heterocycles. The zero-order valence-electron chi connectivity index (χ0n) is 23.3. The lowest BCUT2D eigenvalue weighted by Gasteiger charge is -2.51. The summed E-state index contributed by atoms with van der Waals surface area (Å²) >= 11 is 6.25. The number of likely N-dealkylation sites (tertiary alicyclic amines) is 1. The fraction of sp³-hybridized carbons (Fsp3) is 0.424. The summed E-state index contributed by atoms with van der Waals surface area (Å²) in [6, 6.07) is 15.1. The molecule has 2 aliphatic rings. The molecule has 6 nitrogen and oxygen atoms in total. The lowest BCUT2D eigenvalue weighted by atomic mass is 9.61. The molecule has 5 rings (SSSR count). The normalized spacial score (nSPS) is 18.4. The Labute approximate surface area is 241 Å². The number of rotatable bonds is 10. The van der Waals surface area contributed by atoms with Crippen LogP contribution in [0.25, 0.3) is 11.1 Å². The molecular formula is C33H38ClNO5. The summed E-state index contributed by atoms with van der Waals surface area (Å²) in [6.07, 6.45) is 5.83. The molecule has 1 saturated carbocycles. The second kappa shape index (κ2) is 12.2. The van der Waals surface area contributed by atoms with E-state index in [1.165, 1.54) is 18.6 Å². The van der Waals surface area contributed by atoms with Crippen molar-refractivity contribution < 1.29 is 24.5 Å². The van der Waals surface area contributed by atoms with Gasteiger partial charge in [-0.3, -0.25) is 4.79 Å². The van der Waals surface area contributed by atoms with Crippen LogP contribution < -0.4 is 9.47 Å². The highest BCUT2D eigenvalue weighted by atomic mass is 35.5. The van der Waals surface area contributed by atoms with E-state index in [0.717, 1.165) is 78.9 Å². The average molecular weight is 564 g/mol. The smallest absolute Gasteiger partial charge is 0.153 e. The zero-order valence-corrected chi connectivity index (χ0v) is 24.0. The van der Waals surface area contributed by atoms with Crippen molar-refractivity contribution in [3.8, 4) is 28.4 Å². The number of nitrogens with zero attached hydrogens (tertiary/aromatic N) is 1. The number of carbonyl (C=O) groups is 1. The molecular weight excluding hydrogens is 526 g/mol. The number of aromatic hydroxyl groups is 1. The van der Waals surface area contributed by atoms with E-state index < -0.39 is 0 Å². The van der Waals surface area contributed by atoms with E-state index in [1.807, 2.05) is 24.3 Å². The van der Waals surface area contributed by atoms with Crippen LogP contribution in [0.15, 0.2) is 48.5 Å². The predicted molar refractivity (Wildman–Crippen MR) is 158 cm³/mol. The molecule has 0 amide bonds. The molecule has 2 N–H and O–H groups in total. The van der Waals surface area contributed by atoms with Crippen molar-refractivity contribution >= 4 is 17.9 Å². The van der Waals surface area contributed by atoms with Crippen LogP contribution in [-0.2, 0) is 6.61 Å². The highest BCUT2D eigenvalue weighted by Crippen LogP contribution is 2.49. The molecule has 2 fully saturated rings. The molecule has 1 aliphatic heterocycles. The van der Waals surface area contributed by atoms with Gasteiger partial charge >= 0.3 is 0 Å². The van der Waals surface area contributed by atoms with Gasteiger partial charge in [0.2, 0.25) is 0 Å². The molecule has 0 radical (unpaired) electrons. The number of aldehydes is 1. The number of hydrogen-bond donors (Lipinski definition) is 2. The van der Waals surface area contributed by atoms with Gasteiger partial charge in [0.1, 0.15) is 23.9 Å². The van der Waals surface area contributed by atoms with Gasteiger partial charge in [-0.15, -0.1) is 0 Å². The number of aliphatic hydroxyl groups is 1. The minimum absolute atomic E-state index is 0.0836. The summed E-state index contributed by atoms with van der Waals surface area (Å²) in [7, 11) is 0. The highest BCUT2D eigenvalue weighted by Gasteiger charge is 2.47. The molecule has 40 heavy (non-hydrogen) atoms. The topological polar surface area (TPSA) is 79.2 Å². The standard InChI is InChI=1S/C33H38ClNO5/c1-22-24(21-40-31-19-29(37)25(20-36)18-28(31)34)6-3-7-26(22)27-8-4-9-30(23(27)2)39-17-5-14-35-15-12-33(13-16-35)11-10-32(33)38/h3-4,6-9,18-20,32,37-38H,5,10-17,21H2,1-2H3. The van der Waals surface area contributed by atoms with Crippen molar-refractivity contribution in [3.05, 3.63) is 75.8 Å². The summed E-state index contributed by atoms with van der Waals surface area (Å²) in [5.74, 6) is 1.06. The third-order valence-electron chi connectivity index (χ3n) is 8.96. The van der Waals surface area contributed by atoms with Crippen molar-refractivity contribution in [2.45, 2.75) is 58.7 Å². The van der Waals surface area contributed by atoms with E-state index in [9.17, 15) is 15.0 Å². The van der Waals surface area contributed by atoms with E-state index in [1.54, 1.807) is 0 Å². The monoisotopic (exact) mass is 563 g/mol. The number of phenols is 1. The SMILES string of the molecule is Cc1c(COc2cc(O)c(C=O)cc2Cl)cccc1-c1cccc(OCCCN2CCC3(CCC3O)CC2)c1C. The summed E-state index contributed by atoms with van der Waals surface area (Å²) < 4.78 is 12.2. The maximum atomic E-state index is 11.0. The van der Waals surface area contributed by atoms with Gasteiger partial charge in [0.25, 0.3) is 0 Å². The average Bonchev–Trinajstić information content (AvgIpc) is 2.96. The van der Waals surface area contributed by atoms with Crippen LogP contribution in [0.5, 0.6) is 17.2 Å². The predicted octanol–water partition coefficient (Wildman–Crippen LogP) is 6.73. The van der Waals surface area contributed by atoms with Gasteiger partial charge in [-0.25, -0.2) is 0 Å². The van der Waals surface area contributed by atoms with E-state index in [2.05, 4.69) is 30.9 Å². The van der Waals surface area contributed by atoms with E-state index in [0.29, 0.717) is 18.6 Å². The molecule has 1 heterocycles. The number of hydrogen-bond acceptors (Lipinski definition) is 6. The van der Waals surface area contributed by atoms with Crippen LogP contribution >= 0.6 is 11.6 Å². The Morgan fingerprint density at radius 3 is 2.40 bits per heavy atom. The van der Waals surface area contributed by atoms with Gasteiger partial charge in [-0.2, -0.15) is 0 Å². The number of ether oxygens (including phenoxy) is 2. The molecule has 1 saturated heterocycles. The number of piperidine rings is 1. The minimum atomic E-state index is -0.162. The number of halogens is 1. The maximum Gasteiger partial charge on any atom is 0.153 e. The van der Waals surface area contributed by atoms with E-state index in [-0.39, 0.29) is 34.5 Å². The first-order valence-electron chi connectivity index (χ1n) is 14.1. The zero-order chi connectivity index (χ0) is 28.3. The van der Waals surface area contributed by atoms with Gasteiger partial charge in [0.05, 0.1) is 23.3 Å². The Hall–Kier alpha value is -3.06. The highest BCUT2D eigenvalue weighted by molar-refractivity contribution is 6.32. The quantitative estimate of drug-likeness (QED) is 0.210. The van der Waals surface area contributed by atoms with Crippen molar-refractivity contribution in [3.63, 3.8) is 0 Å². The Balaban J connectivity index is 1.19. The van der Waals surface area contributed by atoms with Crippen LogP contribution in [0.1, 0.15) is 59.2 Å². The molecule has 1 atom stereocenters. The van der Waals surface area contributed by atoms with Crippen LogP contribution in [-0.4, -0.2) is 53.7 Å². The summed E-state index contributed by atoms with van der Waals surface area (Å²) in [4.78, 5) is 13.5. The van der Waals surface area contributed by atoms with Crippen molar-refractivity contribution in [2.75, 3.05) is 26.2 Å². The Morgan fingerprint density at radius 1 is 1.00 bits per heavy atom. The van der Waals surface area contributed by atoms with Gasteiger partial charge < -0.3 is 24.6 Å². The van der Waals surface area contributed by atoms with Crippen molar-refractivity contribution in [1.29, 1.82) is 0 Å². The van der Waals surface area contributed by atoms with Gasteiger partial charge in [0.15, 0.2) is 6.29 Å². The largest absolute Gasteiger partial charge is 0.507 e. The molecule has 7 heteroatoms. The number of phenolic OH excluding ortho intramolecular Hbond substituents is 1. The number of aliphatic hydroxyl groups excluding tert-OH is 1. The first kappa shape index (κ1) is 28.5. The maximum absolute atomic E-state index is 11.0. The first-order chi connectivity index (χ1) is 19.3. The lowest BCUT2D eigenvalue weighted by Crippen LogP contribution is -2.52. The molecule has 1 unspecified atom stereocenters. The van der Waals surface area contributed by atoms with Gasteiger partial charge in [-0.05, 0) is 104 Å². The second-order valence-corrected chi connectivity index (χ2v) is 11.6.